The van der Waals surface area contributed by atoms with Crippen LogP contribution in [0.15, 0.2) is 23.2 Å². The number of methoxy groups -OCH3 is 1. The highest BCUT2D eigenvalue weighted by Crippen LogP contribution is 2.39. The number of hydrogen-bond donors (Lipinski definition) is 0. The van der Waals surface area contributed by atoms with Gasteiger partial charge in [-0.3, -0.25) is 0 Å². The quantitative estimate of drug-likeness (QED) is 0.557. The van der Waals surface area contributed by atoms with Crippen molar-refractivity contribution in [2.45, 2.75) is 18.8 Å². The molecule has 0 aromatic heterocycles. The SMILES string of the molecule is COc1cccc2c1C(CN=C=O)CC2. The van der Waals surface area contributed by atoms with Gasteiger partial charge >= 0.3 is 0 Å². The lowest BCUT2D eigenvalue weighted by Crippen LogP contribution is -2.00. The highest BCUT2D eigenvalue weighted by molar-refractivity contribution is 5.46. The predicted octanol–water partition coefficient (Wildman–Crippen LogP) is 2.06. The zero-order chi connectivity index (χ0) is 10.7. The summed E-state index contributed by atoms with van der Waals surface area (Å²) < 4.78 is 5.33. The van der Waals surface area contributed by atoms with Gasteiger partial charge in [0.25, 0.3) is 0 Å². The van der Waals surface area contributed by atoms with E-state index < -0.39 is 0 Å². The molecule has 0 fully saturated rings. The minimum absolute atomic E-state index is 0.317. The van der Waals surface area contributed by atoms with Crippen molar-refractivity contribution in [1.29, 1.82) is 0 Å². The van der Waals surface area contributed by atoms with E-state index in [0.29, 0.717) is 12.5 Å². The van der Waals surface area contributed by atoms with Crippen LogP contribution in [-0.4, -0.2) is 19.7 Å². The summed E-state index contributed by atoms with van der Waals surface area (Å²) in [5.74, 6) is 1.23. The maximum absolute atomic E-state index is 10.1. The van der Waals surface area contributed by atoms with Crippen LogP contribution < -0.4 is 4.74 Å². The van der Waals surface area contributed by atoms with Crippen LogP contribution >= 0.6 is 0 Å². The minimum Gasteiger partial charge on any atom is -0.496 e. The molecule has 3 nitrogen and oxygen atoms in total. The van der Waals surface area contributed by atoms with Crippen molar-refractivity contribution in [2.24, 2.45) is 4.99 Å². The molecule has 15 heavy (non-hydrogen) atoms. The number of benzene rings is 1. The Labute approximate surface area is 88.8 Å². The highest BCUT2D eigenvalue weighted by atomic mass is 16.5. The Balaban J connectivity index is 2.34. The lowest BCUT2D eigenvalue weighted by Gasteiger charge is -2.12. The Morgan fingerprint density at radius 1 is 1.60 bits per heavy atom. The van der Waals surface area contributed by atoms with Crippen LogP contribution in [0.25, 0.3) is 0 Å². The molecule has 0 saturated heterocycles. The molecule has 1 aromatic rings. The topological polar surface area (TPSA) is 38.7 Å². The van der Waals surface area contributed by atoms with E-state index in [9.17, 15) is 4.79 Å². The number of carbonyl (C=O) groups excluding carboxylic acids is 1. The summed E-state index contributed by atoms with van der Waals surface area (Å²) in [6.45, 7) is 0.525. The minimum atomic E-state index is 0.317. The lowest BCUT2D eigenvalue weighted by molar-refractivity contribution is 0.407. The van der Waals surface area contributed by atoms with Crippen LogP contribution in [0.4, 0.5) is 0 Å². The third kappa shape index (κ3) is 1.79. The van der Waals surface area contributed by atoms with Crippen molar-refractivity contribution in [2.75, 3.05) is 13.7 Å². The standard InChI is InChI=1S/C12H13NO2/c1-15-11-4-2-3-9-5-6-10(12(9)11)7-13-8-14/h2-4,10H,5-7H2,1H3. The van der Waals surface area contributed by atoms with Gasteiger partial charge in [-0.25, -0.2) is 9.79 Å². The average Bonchev–Trinajstić information content (AvgIpc) is 2.69. The Bertz CT molecular complexity index is 408. The molecule has 1 aromatic carbocycles. The summed E-state index contributed by atoms with van der Waals surface area (Å²) in [4.78, 5) is 13.8. The van der Waals surface area contributed by atoms with Gasteiger partial charge in [0.1, 0.15) is 5.75 Å². The Kier molecular flexibility index (Phi) is 2.84. The first-order valence-electron chi connectivity index (χ1n) is 5.06. The molecular formula is C12H13NO2. The molecule has 0 bridgehead atoms. The van der Waals surface area contributed by atoms with Gasteiger partial charge in [0, 0.05) is 11.5 Å². The lowest BCUT2D eigenvalue weighted by atomic mass is 10.0. The maximum Gasteiger partial charge on any atom is 0.234 e. The van der Waals surface area contributed by atoms with Gasteiger partial charge in [-0.15, -0.1) is 0 Å². The average molecular weight is 203 g/mol. The van der Waals surface area contributed by atoms with Crippen LogP contribution in [0.2, 0.25) is 0 Å². The van der Waals surface area contributed by atoms with Gasteiger partial charge in [0.2, 0.25) is 6.08 Å². The number of aliphatic imine (C=N–C) groups is 1. The number of isocyanates is 1. The smallest absolute Gasteiger partial charge is 0.234 e. The van der Waals surface area contributed by atoms with Gasteiger partial charge in [-0.05, 0) is 24.5 Å². The van der Waals surface area contributed by atoms with E-state index in [2.05, 4.69) is 11.1 Å². The van der Waals surface area contributed by atoms with Crippen LogP contribution in [0, 0.1) is 0 Å². The third-order valence-corrected chi connectivity index (χ3v) is 2.92. The van der Waals surface area contributed by atoms with Crippen molar-refractivity contribution < 1.29 is 9.53 Å². The predicted molar refractivity (Wildman–Crippen MR) is 57.0 cm³/mol. The molecule has 3 heteroatoms. The summed E-state index contributed by atoms with van der Waals surface area (Å²) in [6, 6.07) is 6.08. The van der Waals surface area contributed by atoms with Crippen molar-refractivity contribution in [3.8, 4) is 5.75 Å². The molecule has 1 aliphatic carbocycles. The molecule has 0 heterocycles. The molecule has 0 N–H and O–H groups in total. The van der Waals surface area contributed by atoms with Crippen molar-refractivity contribution in [1.82, 2.24) is 0 Å². The van der Waals surface area contributed by atoms with E-state index in [-0.39, 0.29) is 0 Å². The van der Waals surface area contributed by atoms with Crippen LogP contribution in [0.3, 0.4) is 0 Å². The zero-order valence-electron chi connectivity index (χ0n) is 8.69. The van der Waals surface area contributed by atoms with E-state index in [1.807, 2.05) is 12.1 Å². The van der Waals surface area contributed by atoms with Gasteiger partial charge in [-0.2, -0.15) is 0 Å². The molecule has 78 valence electrons. The second-order valence-corrected chi connectivity index (χ2v) is 3.70. The first-order chi connectivity index (χ1) is 7.36. The van der Waals surface area contributed by atoms with Crippen molar-refractivity contribution in [3.63, 3.8) is 0 Å². The molecule has 0 saturated carbocycles. The summed E-state index contributed by atoms with van der Waals surface area (Å²) in [5.41, 5.74) is 2.54. The summed E-state index contributed by atoms with van der Waals surface area (Å²) in [6.07, 6.45) is 3.69. The number of hydrogen-bond acceptors (Lipinski definition) is 3. The first-order valence-corrected chi connectivity index (χ1v) is 5.06. The second-order valence-electron chi connectivity index (χ2n) is 3.70. The molecule has 0 radical (unpaired) electrons. The number of aryl methyl sites for hydroxylation is 1. The molecule has 0 aliphatic heterocycles. The first kappa shape index (κ1) is 9.94. The molecule has 1 atom stereocenters. The molecular weight excluding hydrogens is 190 g/mol. The van der Waals surface area contributed by atoms with E-state index >= 15 is 0 Å². The maximum atomic E-state index is 10.1. The zero-order valence-corrected chi connectivity index (χ0v) is 8.69. The molecule has 2 rings (SSSR count). The molecule has 0 spiro atoms. The third-order valence-electron chi connectivity index (χ3n) is 2.92. The van der Waals surface area contributed by atoms with Gasteiger partial charge in [0.05, 0.1) is 13.7 Å². The van der Waals surface area contributed by atoms with Gasteiger partial charge < -0.3 is 4.74 Å². The van der Waals surface area contributed by atoms with Crippen LogP contribution in [-0.2, 0) is 11.2 Å². The number of fused-ring (bicyclic) bond motifs is 1. The summed E-state index contributed by atoms with van der Waals surface area (Å²) >= 11 is 0. The summed E-state index contributed by atoms with van der Waals surface area (Å²) in [7, 11) is 1.67. The normalized spacial score (nSPS) is 18.1. The van der Waals surface area contributed by atoms with E-state index in [4.69, 9.17) is 4.74 Å². The monoisotopic (exact) mass is 203 g/mol. The largest absolute Gasteiger partial charge is 0.496 e. The Hall–Kier alpha value is -1.60. The van der Waals surface area contributed by atoms with Gasteiger partial charge in [0.15, 0.2) is 0 Å². The van der Waals surface area contributed by atoms with Crippen molar-refractivity contribution in [3.05, 3.63) is 29.3 Å². The number of nitrogens with zero attached hydrogens (tertiary/aromatic N) is 1. The molecule has 1 unspecified atom stereocenters. The highest BCUT2D eigenvalue weighted by Gasteiger charge is 2.25. The Morgan fingerprint density at radius 2 is 2.47 bits per heavy atom. The number of rotatable bonds is 3. The fourth-order valence-electron chi connectivity index (χ4n) is 2.25. The van der Waals surface area contributed by atoms with Crippen LogP contribution in [0.1, 0.15) is 23.5 Å². The molecule has 0 amide bonds. The van der Waals surface area contributed by atoms with E-state index in [1.165, 1.54) is 11.1 Å². The fraction of sp³-hybridized carbons (Fsp3) is 0.417. The van der Waals surface area contributed by atoms with E-state index in [0.717, 1.165) is 18.6 Å². The fourth-order valence-corrected chi connectivity index (χ4v) is 2.25. The van der Waals surface area contributed by atoms with E-state index in [1.54, 1.807) is 13.2 Å². The van der Waals surface area contributed by atoms with Crippen molar-refractivity contribution >= 4 is 6.08 Å². The summed E-state index contributed by atoms with van der Waals surface area (Å²) in [5, 5.41) is 0. The Morgan fingerprint density at radius 3 is 3.20 bits per heavy atom. The van der Waals surface area contributed by atoms with Crippen LogP contribution in [0.5, 0.6) is 5.75 Å². The van der Waals surface area contributed by atoms with Gasteiger partial charge in [-0.1, -0.05) is 12.1 Å². The molecule has 1 aliphatic rings. The number of ether oxygens (including phenoxy) is 1. The second kappa shape index (κ2) is 4.28.